The third-order valence-corrected chi connectivity index (χ3v) is 4.14. The standard InChI is InChI=1S/C14H16F2N4O3/c15-8-5-10(16)13-11(6-8)18-12(19-13)7-17-9-1-3-20(23,4-2-9)14(21)22/h5-6,9,17H,1-4,7H2,(H,18,19)(H,21,22)/q+1. The van der Waals surface area contributed by atoms with Crippen LogP contribution in [0, 0.1) is 11.6 Å². The summed E-state index contributed by atoms with van der Waals surface area (Å²) in [5.41, 5.74) is 0.358. The van der Waals surface area contributed by atoms with Crippen molar-refractivity contribution in [1.82, 2.24) is 15.3 Å². The summed E-state index contributed by atoms with van der Waals surface area (Å²) in [6.07, 6.45) is -0.504. The Morgan fingerprint density at radius 3 is 2.74 bits per heavy atom. The Kier molecular flexibility index (Phi) is 4.00. The number of H-pyrrole nitrogens is 1. The Labute approximate surface area is 130 Å². The first kappa shape index (κ1) is 15.8. The topological polar surface area (TPSA) is 97.9 Å². The summed E-state index contributed by atoms with van der Waals surface area (Å²) in [4.78, 5) is 17.8. The molecule has 0 saturated carbocycles. The second kappa shape index (κ2) is 5.84. The Morgan fingerprint density at radius 2 is 2.09 bits per heavy atom. The Hall–Kier alpha value is -2.10. The molecule has 1 radical (unpaired) electrons. The van der Waals surface area contributed by atoms with E-state index >= 15 is 0 Å². The number of quaternary nitrogens is 1. The lowest BCUT2D eigenvalue weighted by Crippen LogP contribution is -2.55. The highest BCUT2D eigenvalue weighted by atomic mass is 19.1. The van der Waals surface area contributed by atoms with Gasteiger partial charge in [0.1, 0.15) is 30.2 Å². The van der Waals surface area contributed by atoms with Crippen LogP contribution in [-0.4, -0.2) is 44.9 Å². The van der Waals surface area contributed by atoms with E-state index in [4.69, 9.17) is 5.11 Å². The second-order valence-corrected chi connectivity index (χ2v) is 5.74. The number of amides is 1. The van der Waals surface area contributed by atoms with Gasteiger partial charge in [0.2, 0.25) is 0 Å². The molecular formula is C14H16F2N4O3+. The maximum Gasteiger partial charge on any atom is 0.549 e. The minimum Gasteiger partial charge on any atom is -0.433 e. The molecule has 1 fully saturated rings. The number of hydrogen-bond acceptors (Lipinski definition) is 3. The fourth-order valence-corrected chi connectivity index (χ4v) is 2.80. The number of aromatic amines is 1. The summed E-state index contributed by atoms with van der Waals surface area (Å²) in [5, 5.41) is 23.9. The highest BCUT2D eigenvalue weighted by Gasteiger charge is 2.42. The molecule has 1 aliphatic heterocycles. The van der Waals surface area contributed by atoms with E-state index in [9.17, 15) is 18.8 Å². The van der Waals surface area contributed by atoms with Gasteiger partial charge < -0.3 is 15.4 Å². The number of benzene rings is 1. The van der Waals surface area contributed by atoms with Gasteiger partial charge in [0.05, 0.1) is 12.1 Å². The van der Waals surface area contributed by atoms with Crippen LogP contribution in [0.3, 0.4) is 0 Å². The third-order valence-electron chi connectivity index (χ3n) is 4.14. The minimum atomic E-state index is -1.36. The summed E-state index contributed by atoms with van der Waals surface area (Å²) in [6.45, 7) is 0.312. The van der Waals surface area contributed by atoms with Crippen LogP contribution in [0.1, 0.15) is 18.7 Å². The molecular weight excluding hydrogens is 310 g/mol. The van der Waals surface area contributed by atoms with Gasteiger partial charge in [-0.15, -0.1) is 0 Å². The first-order chi connectivity index (χ1) is 10.9. The zero-order chi connectivity index (χ0) is 16.6. The number of rotatable bonds is 3. The quantitative estimate of drug-likeness (QED) is 0.751. The minimum absolute atomic E-state index is 0.00691. The lowest BCUT2D eigenvalue weighted by Gasteiger charge is -2.30. The normalized spacial score (nSPS) is 24.9. The Morgan fingerprint density at radius 1 is 1.39 bits per heavy atom. The molecule has 2 aromatic rings. The van der Waals surface area contributed by atoms with Crippen molar-refractivity contribution in [2.24, 2.45) is 0 Å². The average molecular weight is 326 g/mol. The molecule has 0 atom stereocenters. The molecule has 3 rings (SSSR count). The molecule has 9 heteroatoms. The molecule has 1 saturated heterocycles. The molecule has 7 nitrogen and oxygen atoms in total. The number of carboxylic acid groups (broad SMARTS) is 1. The van der Waals surface area contributed by atoms with E-state index in [1.54, 1.807) is 0 Å². The summed E-state index contributed by atoms with van der Waals surface area (Å²) in [5.74, 6) is -0.949. The van der Waals surface area contributed by atoms with Crippen molar-refractivity contribution in [2.45, 2.75) is 25.4 Å². The number of nitrogens with zero attached hydrogens (tertiary/aromatic N) is 2. The molecule has 1 aromatic heterocycles. The smallest absolute Gasteiger partial charge is 0.433 e. The van der Waals surface area contributed by atoms with Crippen molar-refractivity contribution >= 4 is 17.1 Å². The van der Waals surface area contributed by atoms with E-state index in [1.165, 1.54) is 6.07 Å². The zero-order valence-corrected chi connectivity index (χ0v) is 12.2. The number of piperidine rings is 1. The average Bonchev–Trinajstić information content (AvgIpc) is 2.90. The summed E-state index contributed by atoms with van der Waals surface area (Å²) >= 11 is 0. The Balaban J connectivity index is 1.61. The van der Waals surface area contributed by atoms with Crippen LogP contribution in [0.2, 0.25) is 0 Å². The van der Waals surface area contributed by atoms with Gasteiger partial charge >= 0.3 is 6.09 Å². The van der Waals surface area contributed by atoms with Crippen LogP contribution in [0.4, 0.5) is 13.6 Å². The molecule has 0 aliphatic carbocycles. The number of aromatic nitrogens is 2. The highest BCUT2D eigenvalue weighted by Crippen LogP contribution is 2.19. The number of fused-ring (bicyclic) bond motifs is 1. The molecule has 0 unspecified atom stereocenters. The lowest BCUT2D eigenvalue weighted by molar-refractivity contribution is -1.07. The van der Waals surface area contributed by atoms with Gasteiger partial charge in [-0.05, 0) is 10.7 Å². The van der Waals surface area contributed by atoms with Crippen molar-refractivity contribution in [3.05, 3.63) is 29.6 Å². The van der Waals surface area contributed by atoms with E-state index in [1.807, 2.05) is 0 Å². The van der Waals surface area contributed by atoms with Gasteiger partial charge in [-0.3, -0.25) is 0 Å². The SMILES string of the molecule is [O][N+]1(C(=O)O)CCC(NCc2nc3c(F)cc(F)cc3[nH]2)CC1. The third kappa shape index (κ3) is 3.16. The van der Waals surface area contributed by atoms with Gasteiger partial charge in [0.15, 0.2) is 5.82 Å². The van der Waals surface area contributed by atoms with Crippen LogP contribution in [-0.2, 0) is 11.8 Å². The predicted molar refractivity (Wildman–Crippen MR) is 74.6 cm³/mol. The van der Waals surface area contributed by atoms with Crippen LogP contribution in [0.15, 0.2) is 12.1 Å². The number of carbonyl (C=O) groups is 1. The number of halogens is 2. The fourth-order valence-electron chi connectivity index (χ4n) is 2.80. The van der Waals surface area contributed by atoms with Crippen molar-refractivity contribution < 1.29 is 28.5 Å². The molecule has 0 spiro atoms. The monoisotopic (exact) mass is 326 g/mol. The fraction of sp³-hybridized carbons (Fsp3) is 0.429. The summed E-state index contributed by atoms with van der Waals surface area (Å²) in [7, 11) is 0. The van der Waals surface area contributed by atoms with Crippen LogP contribution < -0.4 is 5.32 Å². The molecule has 0 bridgehead atoms. The van der Waals surface area contributed by atoms with E-state index in [2.05, 4.69) is 15.3 Å². The molecule has 1 aliphatic rings. The molecule has 1 amide bonds. The van der Waals surface area contributed by atoms with Gasteiger partial charge in [-0.1, -0.05) is 0 Å². The highest BCUT2D eigenvalue weighted by molar-refractivity contribution is 5.75. The number of hydrogen-bond donors (Lipinski definition) is 3. The second-order valence-electron chi connectivity index (χ2n) is 5.74. The first-order valence-corrected chi connectivity index (χ1v) is 7.26. The van der Waals surface area contributed by atoms with E-state index in [0.29, 0.717) is 25.2 Å². The molecule has 123 valence electrons. The van der Waals surface area contributed by atoms with Crippen molar-refractivity contribution in [1.29, 1.82) is 0 Å². The summed E-state index contributed by atoms with van der Waals surface area (Å²) < 4.78 is 25.5. The lowest BCUT2D eigenvalue weighted by atomic mass is 10.1. The van der Waals surface area contributed by atoms with Crippen molar-refractivity contribution in [2.75, 3.05) is 13.1 Å². The first-order valence-electron chi connectivity index (χ1n) is 7.26. The van der Waals surface area contributed by atoms with Crippen molar-refractivity contribution in [3.63, 3.8) is 0 Å². The van der Waals surface area contributed by atoms with Gasteiger partial charge in [0, 0.05) is 30.2 Å². The van der Waals surface area contributed by atoms with Gasteiger partial charge in [-0.25, -0.2) is 13.8 Å². The largest absolute Gasteiger partial charge is 0.549 e. The zero-order valence-electron chi connectivity index (χ0n) is 12.2. The molecule has 1 aromatic carbocycles. The van der Waals surface area contributed by atoms with E-state index < -0.39 is 22.4 Å². The van der Waals surface area contributed by atoms with Crippen molar-refractivity contribution in [3.8, 4) is 0 Å². The molecule has 2 heterocycles. The van der Waals surface area contributed by atoms with E-state index in [0.717, 1.165) is 6.07 Å². The maximum atomic E-state index is 13.6. The number of imidazole rings is 1. The number of likely N-dealkylation sites (tertiary alicyclic amines) is 1. The van der Waals surface area contributed by atoms with Crippen LogP contribution >= 0.6 is 0 Å². The molecule has 3 N–H and O–H groups in total. The van der Waals surface area contributed by atoms with Crippen LogP contribution in [0.25, 0.3) is 11.0 Å². The van der Waals surface area contributed by atoms with Gasteiger partial charge in [0.25, 0.3) is 0 Å². The van der Waals surface area contributed by atoms with E-state index in [-0.39, 0.29) is 30.2 Å². The summed E-state index contributed by atoms with van der Waals surface area (Å²) in [6, 6.07) is 1.94. The van der Waals surface area contributed by atoms with Gasteiger partial charge in [-0.2, -0.15) is 4.79 Å². The number of nitrogens with one attached hydrogen (secondary N) is 2. The van der Waals surface area contributed by atoms with Crippen LogP contribution in [0.5, 0.6) is 0 Å². The number of hydroxylamine groups is 3. The predicted octanol–water partition coefficient (Wildman–Crippen LogP) is 1.93. The molecule has 23 heavy (non-hydrogen) atoms. The Bertz CT molecular complexity index is 741. The maximum absolute atomic E-state index is 13.6.